The molecule has 7 heteroatoms. The molecule has 3 aromatic rings. The highest BCUT2D eigenvalue weighted by Crippen LogP contribution is 2.19. The topological polar surface area (TPSA) is 110 Å². The number of hydrogen-bond donors (Lipinski definition) is 3. The molecule has 120 valence electrons. The van der Waals surface area contributed by atoms with Crippen LogP contribution in [0.2, 0.25) is 0 Å². The number of hydrogen-bond acceptors (Lipinski definition) is 5. The van der Waals surface area contributed by atoms with Gasteiger partial charge in [0.25, 0.3) is 5.56 Å². The van der Waals surface area contributed by atoms with E-state index in [4.69, 9.17) is 5.90 Å². The van der Waals surface area contributed by atoms with E-state index in [1.165, 1.54) is 0 Å². The van der Waals surface area contributed by atoms with E-state index in [0.717, 1.165) is 16.8 Å². The number of H-pyrrole nitrogens is 2. The average Bonchev–Trinajstić information content (AvgIpc) is 2.94. The van der Waals surface area contributed by atoms with Gasteiger partial charge in [-0.1, -0.05) is 38.1 Å². The summed E-state index contributed by atoms with van der Waals surface area (Å²) in [5.74, 6) is 5.90. The molecular weight excluding hydrogens is 294 g/mol. The van der Waals surface area contributed by atoms with Crippen molar-refractivity contribution in [2.45, 2.75) is 32.8 Å². The van der Waals surface area contributed by atoms with Gasteiger partial charge in [-0.2, -0.15) is 5.10 Å². The highest BCUT2D eigenvalue weighted by atomic mass is 16.6. The molecule has 0 spiro atoms. The molecule has 7 nitrogen and oxygen atoms in total. The van der Waals surface area contributed by atoms with Crippen LogP contribution in [0.5, 0.6) is 0 Å². The minimum absolute atomic E-state index is 0.220. The molecule has 0 saturated heterocycles. The molecule has 4 N–H and O–H groups in total. The van der Waals surface area contributed by atoms with Crippen LogP contribution in [0.4, 0.5) is 0 Å². The van der Waals surface area contributed by atoms with E-state index in [1.54, 1.807) is 0 Å². The second kappa shape index (κ2) is 6.31. The fraction of sp³-hybridized carbons (Fsp3) is 0.312. The SMILES string of the molecule is CC(C)c1[nH]nc2c(=O)[nH]c(Cc3ccc(CON)cc3)nc12. The predicted octanol–water partition coefficient (Wildman–Crippen LogP) is 1.75. The summed E-state index contributed by atoms with van der Waals surface area (Å²) < 4.78 is 0. The van der Waals surface area contributed by atoms with Crippen LogP contribution in [0.3, 0.4) is 0 Å². The number of aromatic amines is 2. The number of benzene rings is 1. The van der Waals surface area contributed by atoms with E-state index in [-0.39, 0.29) is 11.5 Å². The molecule has 2 heterocycles. The second-order valence-corrected chi connectivity index (χ2v) is 5.81. The van der Waals surface area contributed by atoms with Crippen molar-refractivity contribution >= 4 is 11.0 Å². The molecule has 0 aliphatic carbocycles. The summed E-state index contributed by atoms with van der Waals surface area (Å²) in [5, 5.41) is 6.97. The lowest BCUT2D eigenvalue weighted by Gasteiger charge is -2.05. The molecule has 0 unspecified atom stereocenters. The lowest BCUT2D eigenvalue weighted by molar-refractivity contribution is 0.124. The molecule has 0 saturated carbocycles. The minimum atomic E-state index is -0.221. The Kier molecular flexibility index (Phi) is 4.22. The monoisotopic (exact) mass is 313 g/mol. The van der Waals surface area contributed by atoms with Crippen LogP contribution >= 0.6 is 0 Å². The Balaban J connectivity index is 1.93. The van der Waals surface area contributed by atoms with Gasteiger partial charge in [-0.25, -0.2) is 10.9 Å². The number of rotatable bonds is 5. The van der Waals surface area contributed by atoms with Crippen molar-refractivity contribution < 1.29 is 4.84 Å². The van der Waals surface area contributed by atoms with Crippen molar-refractivity contribution in [2.75, 3.05) is 0 Å². The standard InChI is InChI=1S/C16H19N5O2/c1-9(2)13-14-15(21-20-13)16(22)19-12(18-14)7-10-3-5-11(6-4-10)8-23-17/h3-6,9H,7-8,17H2,1-2H3,(H,20,21)(H,18,19,22). The molecule has 23 heavy (non-hydrogen) atoms. The summed E-state index contributed by atoms with van der Waals surface area (Å²) in [6.07, 6.45) is 0.539. The largest absolute Gasteiger partial charge is 0.308 e. The third kappa shape index (κ3) is 3.15. The summed E-state index contributed by atoms with van der Waals surface area (Å²) in [6.45, 7) is 4.44. The van der Waals surface area contributed by atoms with Gasteiger partial charge in [-0.15, -0.1) is 0 Å². The Bertz CT molecular complexity index is 864. The van der Waals surface area contributed by atoms with Crippen LogP contribution in [0.1, 0.15) is 42.4 Å². The first kappa shape index (κ1) is 15.4. The Hall–Kier alpha value is -2.51. The first-order valence-corrected chi connectivity index (χ1v) is 7.45. The zero-order valence-corrected chi connectivity index (χ0v) is 13.1. The van der Waals surface area contributed by atoms with Crippen LogP contribution in [0, 0.1) is 0 Å². The van der Waals surface area contributed by atoms with Crippen molar-refractivity contribution in [3.63, 3.8) is 0 Å². The zero-order valence-electron chi connectivity index (χ0n) is 13.1. The van der Waals surface area contributed by atoms with Crippen LogP contribution in [0.25, 0.3) is 11.0 Å². The molecule has 0 atom stereocenters. The summed E-state index contributed by atoms with van der Waals surface area (Å²) in [4.78, 5) is 24.1. The van der Waals surface area contributed by atoms with Gasteiger partial charge in [0.2, 0.25) is 0 Å². The Labute approximate surface area is 132 Å². The van der Waals surface area contributed by atoms with E-state index >= 15 is 0 Å². The molecule has 0 aliphatic heterocycles. The first-order chi connectivity index (χ1) is 11.1. The number of nitrogens with zero attached hydrogens (tertiary/aromatic N) is 2. The molecule has 0 bridgehead atoms. The maximum Gasteiger partial charge on any atom is 0.279 e. The normalized spacial score (nSPS) is 11.5. The number of nitrogens with two attached hydrogens (primary N) is 1. The Morgan fingerprint density at radius 1 is 1.17 bits per heavy atom. The van der Waals surface area contributed by atoms with E-state index in [1.807, 2.05) is 38.1 Å². The summed E-state index contributed by atoms with van der Waals surface area (Å²) >= 11 is 0. The molecule has 0 radical (unpaired) electrons. The number of fused-ring (bicyclic) bond motifs is 1. The van der Waals surface area contributed by atoms with Crippen molar-refractivity contribution in [2.24, 2.45) is 5.90 Å². The summed E-state index contributed by atoms with van der Waals surface area (Å²) in [5.41, 5.74) is 3.69. The molecule has 0 fully saturated rings. The highest BCUT2D eigenvalue weighted by molar-refractivity contribution is 5.76. The molecule has 2 aromatic heterocycles. The summed E-state index contributed by atoms with van der Waals surface area (Å²) in [7, 11) is 0. The minimum Gasteiger partial charge on any atom is -0.308 e. The lowest BCUT2D eigenvalue weighted by Crippen LogP contribution is -2.12. The van der Waals surface area contributed by atoms with Crippen molar-refractivity contribution in [3.8, 4) is 0 Å². The zero-order chi connectivity index (χ0) is 16.4. The molecule has 3 rings (SSSR count). The Morgan fingerprint density at radius 2 is 1.87 bits per heavy atom. The lowest BCUT2D eigenvalue weighted by atomic mass is 10.1. The molecular formula is C16H19N5O2. The van der Waals surface area contributed by atoms with Crippen molar-refractivity contribution in [1.29, 1.82) is 0 Å². The van der Waals surface area contributed by atoms with Gasteiger partial charge < -0.3 is 4.98 Å². The van der Waals surface area contributed by atoms with E-state index in [9.17, 15) is 4.79 Å². The van der Waals surface area contributed by atoms with Crippen molar-refractivity contribution in [3.05, 3.63) is 57.3 Å². The van der Waals surface area contributed by atoms with E-state index in [0.29, 0.717) is 29.9 Å². The fourth-order valence-corrected chi connectivity index (χ4v) is 2.50. The first-order valence-electron chi connectivity index (χ1n) is 7.45. The Morgan fingerprint density at radius 3 is 2.52 bits per heavy atom. The van der Waals surface area contributed by atoms with Gasteiger partial charge >= 0.3 is 0 Å². The molecule has 0 amide bonds. The summed E-state index contributed by atoms with van der Waals surface area (Å²) in [6, 6.07) is 7.82. The van der Waals surface area contributed by atoms with Gasteiger partial charge in [0.05, 0.1) is 12.3 Å². The number of aromatic nitrogens is 4. The van der Waals surface area contributed by atoms with Crippen LogP contribution in [-0.4, -0.2) is 20.2 Å². The van der Waals surface area contributed by atoms with E-state index < -0.39 is 0 Å². The van der Waals surface area contributed by atoms with Gasteiger partial charge in [-0.05, 0) is 17.0 Å². The fourth-order valence-electron chi connectivity index (χ4n) is 2.50. The van der Waals surface area contributed by atoms with Gasteiger partial charge in [0.15, 0.2) is 5.52 Å². The molecule has 1 aromatic carbocycles. The van der Waals surface area contributed by atoms with Gasteiger partial charge in [-0.3, -0.25) is 14.7 Å². The predicted molar refractivity (Wildman–Crippen MR) is 86.8 cm³/mol. The average molecular weight is 313 g/mol. The molecule has 0 aliphatic rings. The van der Waals surface area contributed by atoms with Crippen LogP contribution < -0.4 is 11.5 Å². The number of nitrogens with one attached hydrogen (secondary N) is 2. The van der Waals surface area contributed by atoms with E-state index in [2.05, 4.69) is 25.0 Å². The highest BCUT2D eigenvalue weighted by Gasteiger charge is 2.14. The quantitative estimate of drug-likeness (QED) is 0.622. The van der Waals surface area contributed by atoms with Crippen LogP contribution in [0.15, 0.2) is 29.1 Å². The third-order valence-corrected chi connectivity index (χ3v) is 3.71. The maximum absolute atomic E-state index is 12.2. The van der Waals surface area contributed by atoms with Gasteiger partial charge in [0, 0.05) is 6.42 Å². The van der Waals surface area contributed by atoms with Gasteiger partial charge in [0.1, 0.15) is 11.3 Å². The third-order valence-electron chi connectivity index (χ3n) is 3.71. The maximum atomic E-state index is 12.2. The van der Waals surface area contributed by atoms with Crippen molar-refractivity contribution in [1.82, 2.24) is 20.2 Å². The second-order valence-electron chi connectivity index (χ2n) is 5.81. The van der Waals surface area contributed by atoms with Crippen LogP contribution in [-0.2, 0) is 17.9 Å². The smallest absolute Gasteiger partial charge is 0.279 e.